The molecular weight excluding hydrogens is 283 g/mol. The van der Waals surface area contributed by atoms with E-state index in [-0.39, 0.29) is 5.56 Å². The molecule has 0 radical (unpaired) electrons. The Morgan fingerprint density at radius 1 is 1.11 bits per heavy atom. The molecule has 2 nitrogen and oxygen atoms in total. The van der Waals surface area contributed by atoms with Crippen LogP contribution in [0.1, 0.15) is 10.4 Å². The molecule has 5 heteroatoms. The second-order valence-electron chi connectivity index (χ2n) is 3.72. The molecule has 0 aliphatic heterocycles. The van der Waals surface area contributed by atoms with Gasteiger partial charge in [0.05, 0.1) is 5.56 Å². The number of aromatic carboxylic acids is 1. The van der Waals surface area contributed by atoms with Gasteiger partial charge < -0.3 is 5.11 Å². The topological polar surface area (TPSA) is 37.3 Å². The van der Waals surface area contributed by atoms with Crippen molar-refractivity contribution in [2.45, 2.75) is 14.7 Å². The molecule has 0 aliphatic rings. The standard InChI is InChI=1S/C14H11FO2S2/c1-18-10-3-5-11(6-4-10)19-13-7-2-9(15)8-12(13)14(16)17/h2-8H,1H3,(H,16,17). The molecule has 0 heterocycles. The second-order valence-corrected chi connectivity index (χ2v) is 5.72. The van der Waals surface area contributed by atoms with Crippen molar-refractivity contribution < 1.29 is 14.3 Å². The van der Waals surface area contributed by atoms with Gasteiger partial charge in [-0.2, -0.15) is 0 Å². The van der Waals surface area contributed by atoms with Gasteiger partial charge >= 0.3 is 5.97 Å². The fourth-order valence-electron chi connectivity index (χ4n) is 1.53. The molecule has 0 spiro atoms. The van der Waals surface area contributed by atoms with Gasteiger partial charge in [0.1, 0.15) is 5.82 Å². The van der Waals surface area contributed by atoms with E-state index in [2.05, 4.69) is 0 Å². The molecule has 2 rings (SSSR count). The second kappa shape index (κ2) is 6.12. The highest BCUT2D eigenvalue weighted by Crippen LogP contribution is 2.32. The van der Waals surface area contributed by atoms with Crippen molar-refractivity contribution in [2.24, 2.45) is 0 Å². The predicted octanol–water partition coefficient (Wildman–Crippen LogP) is 4.40. The van der Waals surface area contributed by atoms with Gasteiger partial charge in [-0.15, -0.1) is 11.8 Å². The molecule has 0 amide bonds. The molecule has 0 saturated heterocycles. The number of carboxylic acid groups (broad SMARTS) is 1. The number of halogens is 1. The van der Waals surface area contributed by atoms with Gasteiger partial charge in [0.15, 0.2) is 0 Å². The van der Waals surface area contributed by atoms with Crippen molar-refractivity contribution in [3.8, 4) is 0 Å². The van der Waals surface area contributed by atoms with Gasteiger partial charge in [-0.25, -0.2) is 9.18 Å². The van der Waals surface area contributed by atoms with Gasteiger partial charge in [-0.1, -0.05) is 11.8 Å². The van der Waals surface area contributed by atoms with Crippen LogP contribution in [0.15, 0.2) is 57.2 Å². The summed E-state index contributed by atoms with van der Waals surface area (Å²) in [5, 5.41) is 9.07. The van der Waals surface area contributed by atoms with E-state index < -0.39 is 11.8 Å². The SMILES string of the molecule is CSc1ccc(Sc2ccc(F)cc2C(=O)O)cc1. The van der Waals surface area contributed by atoms with Gasteiger partial charge in [-0.05, 0) is 48.7 Å². The number of hydrogen-bond acceptors (Lipinski definition) is 3. The van der Waals surface area contributed by atoms with Gasteiger partial charge in [-0.3, -0.25) is 0 Å². The largest absolute Gasteiger partial charge is 0.478 e. The van der Waals surface area contributed by atoms with Crippen LogP contribution >= 0.6 is 23.5 Å². The molecule has 0 bridgehead atoms. The fourth-order valence-corrected chi connectivity index (χ4v) is 2.86. The molecule has 2 aromatic rings. The summed E-state index contributed by atoms with van der Waals surface area (Å²) in [5.41, 5.74) is -0.0149. The Kier molecular flexibility index (Phi) is 4.50. The summed E-state index contributed by atoms with van der Waals surface area (Å²) in [6, 6.07) is 11.6. The zero-order valence-electron chi connectivity index (χ0n) is 10.1. The van der Waals surface area contributed by atoms with Gasteiger partial charge in [0, 0.05) is 14.7 Å². The molecule has 19 heavy (non-hydrogen) atoms. The number of carboxylic acids is 1. The van der Waals surface area contributed by atoms with E-state index in [0.717, 1.165) is 15.9 Å². The summed E-state index contributed by atoms with van der Waals surface area (Å²) in [5.74, 6) is -1.66. The van der Waals surface area contributed by atoms with Crippen LogP contribution in [0.2, 0.25) is 0 Å². The Labute approximate surface area is 119 Å². The average molecular weight is 294 g/mol. The fraction of sp³-hybridized carbons (Fsp3) is 0.0714. The van der Waals surface area contributed by atoms with Crippen LogP contribution in [0.4, 0.5) is 4.39 Å². The van der Waals surface area contributed by atoms with Crippen molar-refractivity contribution >= 4 is 29.5 Å². The van der Waals surface area contributed by atoms with E-state index >= 15 is 0 Å². The lowest BCUT2D eigenvalue weighted by molar-refractivity contribution is 0.0692. The minimum Gasteiger partial charge on any atom is -0.478 e. The Hall–Kier alpha value is -1.46. The average Bonchev–Trinajstić information content (AvgIpc) is 2.41. The highest BCUT2D eigenvalue weighted by molar-refractivity contribution is 7.99. The third-order valence-corrected chi connectivity index (χ3v) is 4.29. The predicted molar refractivity (Wildman–Crippen MR) is 75.7 cm³/mol. The van der Waals surface area contributed by atoms with E-state index in [1.807, 2.05) is 30.5 Å². The zero-order chi connectivity index (χ0) is 13.8. The van der Waals surface area contributed by atoms with Crippen molar-refractivity contribution in [1.29, 1.82) is 0 Å². The van der Waals surface area contributed by atoms with Crippen LogP contribution in [0.3, 0.4) is 0 Å². The third-order valence-electron chi connectivity index (χ3n) is 2.46. The number of thioether (sulfide) groups is 1. The molecule has 0 aliphatic carbocycles. The highest BCUT2D eigenvalue weighted by Gasteiger charge is 2.12. The minimum absolute atomic E-state index is 0.0149. The Morgan fingerprint density at radius 3 is 2.32 bits per heavy atom. The van der Waals surface area contributed by atoms with Crippen molar-refractivity contribution in [3.63, 3.8) is 0 Å². The lowest BCUT2D eigenvalue weighted by Crippen LogP contribution is -1.99. The lowest BCUT2D eigenvalue weighted by atomic mass is 10.2. The summed E-state index contributed by atoms with van der Waals surface area (Å²) in [4.78, 5) is 13.7. The maximum atomic E-state index is 13.1. The smallest absolute Gasteiger partial charge is 0.336 e. The number of hydrogen-bond donors (Lipinski definition) is 1. The number of rotatable bonds is 4. The van der Waals surface area contributed by atoms with E-state index in [0.29, 0.717) is 4.90 Å². The molecule has 0 aromatic heterocycles. The third kappa shape index (κ3) is 3.52. The molecule has 98 valence electrons. The first-order valence-corrected chi connectivity index (χ1v) is 7.49. The molecule has 0 saturated carbocycles. The molecule has 0 atom stereocenters. The summed E-state index contributed by atoms with van der Waals surface area (Å²) < 4.78 is 13.1. The minimum atomic E-state index is -1.12. The summed E-state index contributed by atoms with van der Waals surface area (Å²) in [6.45, 7) is 0. The van der Waals surface area contributed by atoms with Crippen LogP contribution in [0.5, 0.6) is 0 Å². The first kappa shape index (κ1) is 14.0. The van der Waals surface area contributed by atoms with Crippen molar-refractivity contribution in [3.05, 3.63) is 53.8 Å². The van der Waals surface area contributed by atoms with Gasteiger partial charge in [0.25, 0.3) is 0 Å². The lowest BCUT2D eigenvalue weighted by Gasteiger charge is -2.06. The normalized spacial score (nSPS) is 10.4. The molecule has 0 fully saturated rings. The summed E-state index contributed by atoms with van der Waals surface area (Å²) >= 11 is 2.95. The van der Waals surface area contributed by atoms with Crippen molar-refractivity contribution in [2.75, 3.05) is 6.26 Å². The van der Waals surface area contributed by atoms with E-state index in [1.165, 1.54) is 23.9 Å². The van der Waals surface area contributed by atoms with E-state index in [4.69, 9.17) is 5.11 Å². The van der Waals surface area contributed by atoms with Crippen LogP contribution < -0.4 is 0 Å². The summed E-state index contributed by atoms with van der Waals surface area (Å²) in [6.07, 6.45) is 1.99. The van der Waals surface area contributed by atoms with E-state index in [9.17, 15) is 9.18 Å². The molecule has 0 unspecified atom stereocenters. The molecule has 2 aromatic carbocycles. The maximum absolute atomic E-state index is 13.1. The Balaban J connectivity index is 2.29. The maximum Gasteiger partial charge on any atom is 0.336 e. The van der Waals surface area contributed by atoms with Crippen molar-refractivity contribution in [1.82, 2.24) is 0 Å². The Morgan fingerprint density at radius 2 is 1.74 bits per heavy atom. The van der Waals surface area contributed by atoms with E-state index in [1.54, 1.807) is 11.8 Å². The number of benzene rings is 2. The number of carbonyl (C=O) groups is 1. The van der Waals surface area contributed by atoms with Crippen LogP contribution in [-0.4, -0.2) is 17.3 Å². The quantitative estimate of drug-likeness (QED) is 0.848. The molecular formula is C14H11FO2S2. The van der Waals surface area contributed by atoms with Crippen LogP contribution in [0.25, 0.3) is 0 Å². The summed E-state index contributed by atoms with van der Waals surface area (Å²) in [7, 11) is 0. The van der Waals surface area contributed by atoms with Gasteiger partial charge in [0.2, 0.25) is 0 Å². The first-order chi connectivity index (χ1) is 9.10. The Bertz CT molecular complexity index is 597. The monoisotopic (exact) mass is 294 g/mol. The zero-order valence-corrected chi connectivity index (χ0v) is 11.7. The first-order valence-electron chi connectivity index (χ1n) is 5.45. The van der Waals surface area contributed by atoms with Crippen LogP contribution in [0, 0.1) is 5.82 Å². The highest BCUT2D eigenvalue weighted by atomic mass is 32.2. The van der Waals surface area contributed by atoms with Crippen LogP contribution in [-0.2, 0) is 0 Å². The molecule has 1 N–H and O–H groups in total.